The fourth-order valence-electron chi connectivity index (χ4n) is 2.06. The smallest absolute Gasteiger partial charge is 0.387 e. The third-order valence-electron chi connectivity index (χ3n) is 3.21. The van der Waals surface area contributed by atoms with Gasteiger partial charge in [-0.1, -0.05) is 23.7 Å². The van der Waals surface area contributed by atoms with E-state index in [2.05, 4.69) is 26.0 Å². The molecule has 0 saturated carbocycles. The molecular formula is C17H15BrClF2NO3. The zero-order chi connectivity index (χ0) is 18.4. The average Bonchev–Trinajstić information content (AvgIpc) is 2.53. The summed E-state index contributed by atoms with van der Waals surface area (Å²) in [5.41, 5.74) is 0.638. The molecule has 4 nitrogen and oxygen atoms in total. The monoisotopic (exact) mass is 433 g/mol. The molecule has 0 aromatic heterocycles. The van der Waals surface area contributed by atoms with Crippen molar-refractivity contribution in [3.05, 3.63) is 57.5 Å². The van der Waals surface area contributed by atoms with E-state index in [0.29, 0.717) is 20.8 Å². The lowest BCUT2D eigenvalue weighted by molar-refractivity contribution is -0.123. The molecule has 2 aromatic rings. The number of amides is 1. The van der Waals surface area contributed by atoms with Gasteiger partial charge in [-0.25, -0.2) is 0 Å². The molecule has 0 aliphatic heterocycles. The molecule has 25 heavy (non-hydrogen) atoms. The number of alkyl halides is 2. The van der Waals surface area contributed by atoms with E-state index >= 15 is 0 Å². The van der Waals surface area contributed by atoms with Gasteiger partial charge < -0.3 is 14.8 Å². The summed E-state index contributed by atoms with van der Waals surface area (Å²) in [6.45, 7) is -1.36. The summed E-state index contributed by atoms with van der Waals surface area (Å²) in [5.74, 6) is 0.170. The predicted octanol–water partition coefficient (Wildman–Crippen LogP) is 4.96. The van der Waals surface area contributed by atoms with Crippen molar-refractivity contribution in [1.82, 2.24) is 5.32 Å². The van der Waals surface area contributed by atoms with Crippen LogP contribution >= 0.6 is 27.5 Å². The van der Waals surface area contributed by atoms with Crippen LogP contribution in [0.5, 0.6) is 11.5 Å². The van der Waals surface area contributed by atoms with E-state index < -0.39 is 12.7 Å². The maximum atomic E-state index is 12.3. The van der Waals surface area contributed by atoms with E-state index in [9.17, 15) is 13.6 Å². The minimum atomic E-state index is -2.90. The molecule has 1 amide bonds. The molecule has 2 rings (SSSR count). The second-order valence-corrected chi connectivity index (χ2v) is 6.39. The summed E-state index contributed by atoms with van der Waals surface area (Å²) in [6.07, 6.45) is 0. The van der Waals surface area contributed by atoms with Gasteiger partial charge in [-0.2, -0.15) is 8.78 Å². The van der Waals surface area contributed by atoms with E-state index in [1.165, 1.54) is 12.1 Å². The first-order valence-corrected chi connectivity index (χ1v) is 8.44. The first-order chi connectivity index (χ1) is 11.8. The van der Waals surface area contributed by atoms with Crippen LogP contribution in [0.1, 0.15) is 18.5 Å². The Kier molecular flexibility index (Phi) is 7.01. The van der Waals surface area contributed by atoms with Gasteiger partial charge in [0.25, 0.3) is 5.91 Å². The second-order valence-electron chi connectivity index (χ2n) is 5.10. The summed E-state index contributed by atoms with van der Waals surface area (Å²) in [7, 11) is 0. The lowest BCUT2D eigenvalue weighted by atomic mass is 10.1. The summed E-state index contributed by atoms with van der Waals surface area (Å²) >= 11 is 9.13. The second kappa shape index (κ2) is 9.01. The quantitative estimate of drug-likeness (QED) is 0.670. The molecule has 1 atom stereocenters. The summed E-state index contributed by atoms with van der Waals surface area (Å²) in [6, 6.07) is 10.7. The lowest BCUT2D eigenvalue weighted by Crippen LogP contribution is -2.31. The van der Waals surface area contributed by atoms with Crippen molar-refractivity contribution in [2.45, 2.75) is 19.6 Å². The molecule has 8 heteroatoms. The van der Waals surface area contributed by atoms with Crippen molar-refractivity contribution in [3.63, 3.8) is 0 Å². The molecule has 0 bridgehead atoms. The van der Waals surface area contributed by atoms with Crippen molar-refractivity contribution >= 4 is 33.4 Å². The van der Waals surface area contributed by atoms with Gasteiger partial charge in [0, 0.05) is 5.02 Å². The standard InChI is InChI=1S/C17H15BrClF2NO3/c1-10(11-3-2-4-13(7-11)25-17(20)21)22-16(23)9-24-15-6-5-12(19)8-14(15)18/h2-8,10,17H,9H2,1H3,(H,22,23). The largest absolute Gasteiger partial charge is 0.483 e. The first-order valence-electron chi connectivity index (χ1n) is 7.27. The SMILES string of the molecule is CC(NC(=O)COc1ccc(Cl)cc1Br)c1cccc(OC(F)F)c1. The average molecular weight is 435 g/mol. The van der Waals surface area contributed by atoms with E-state index in [4.69, 9.17) is 16.3 Å². The highest BCUT2D eigenvalue weighted by Gasteiger charge is 2.13. The van der Waals surface area contributed by atoms with E-state index in [1.807, 2.05) is 0 Å². The number of nitrogens with one attached hydrogen (secondary N) is 1. The van der Waals surface area contributed by atoms with Gasteiger partial charge in [-0.3, -0.25) is 4.79 Å². The van der Waals surface area contributed by atoms with E-state index in [1.54, 1.807) is 37.3 Å². The molecule has 0 spiro atoms. The Labute approximate surface area is 157 Å². The van der Waals surface area contributed by atoms with Crippen molar-refractivity contribution < 1.29 is 23.0 Å². The van der Waals surface area contributed by atoms with Crippen LogP contribution < -0.4 is 14.8 Å². The first kappa shape index (κ1) is 19.5. The molecule has 0 radical (unpaired) electrons. The lowest BCUT2D eigenvalue weighted by Gasteiger charge is -2.16. The number of hydrogen-bond donors (Lipinski definition) is 1. The van der Waals surface area contributed by atoms with Crippen LogP contribution in [0.3, 0.4) is 0 Å². The Morgan fingerprint density at radius 2 is 2.04 bits per heavy atom. The van der Waals surface area contributed by atoms with Crippen molar-refractivity contribution in [2.24, 2.45) is 0 Å². The number of rotatable bonds is 7. The maximum absolute atomic E-state index is 12.3. The number of ether oxygens (including phenoxy) is 2. The molecule has 0 saturated heterocycles. The van der Waals surface area contributed by atoms with Gasteiger partial charge in [0.05, 0.1) is 10.5 Å². The highest BCUT2D eigenvalue weighted by molar-refractivity contribution is 9.10. The van der Waals surface area contributed by atoms with Crippen LogP contribution in [0.2, 0.25) is 5.02 Å². The number of carbonyl (C=O) groups is 1. The van der Waals surface area contributed by atoms with Crippen LogP contribution in [-0.4, -0.2) is 19.1 Å². The number of benzene rings is 2. The summed E-state index contributed by atoms with van der Waals surface area (Å²) in [4.78, 5) is 12.0. The van der Waals surface area contributed by atoms with Gasteiger partial charge in [0.2, 0.25) is 0 Å². The minimum absolute atomic E-state index is 0.0370. The Morgan fingerprint density at radius 3 is 2.72 bits per heavy atom. The Bertz CT molecular complexity index is 746. The molecule has 0 aliphatic carbocycles. The van der Waals surface area contributed by atoms with Crippen LogP contribution in [-0.2, 0) is 4.79 Å². The molecule has 0 aliphatic rings. The van der Waals surface area contributed by atoms with Crippen LogP contribution in [0, 0.1) is 0 Å². The minimum Gasteiger partial charge on any atom is -0.483 e. The van der Waals surface area contributed by atoms with Gasteiger partial charge in [-0.15, -0.1) is 0 Å². The van der Waals surface area contributed by atoms with Crippen molar-refractivity contribution in [1.29, 1.82) is 0 Å². The molecule has 1 unspecified atom stereocenters. The summed E-state index contributed by atoms with van der Waals surface area (Å²) in [5, 5.41) is 3.27. The van der Waals surface area contributed by atoms with Crippen LogP contribution in [0.4, 0.5) is 8.78 Å². The topological polar surface area (TPSA) is 47.6 Å². The molecule has 2 aromatic carbocycles. The number of halogens is 4. The fourth-order valence-corrected chi connectivity index (χ4v) is 2.86. The Morgan fingerprint density at radius 1 is 1.28 bits per heavy atom. The molecule has 0 fully saturated rings. The van der Waals surface area contributed by atoms with Crippen LogP contribution in [0.25, 0.3) is 0 Å². The molecule has 0 heterocycles. The normalized spacial score (nSPS) is 11.9. The van der Waals surface area contributed by atoms with E-state index in [0.717, 1.165) is 0 Å². The third kappa shape index (κ3) is 6.17. The molecule has 1 N–H and O–H groups in total. The Balaban J connectivity index is 1.91. The van der Waals surface area contributed by atoms with Crippen molar-refractivity contribution in [2.75, 3.05) is 6.61 Å². The Hall–Kier alpha value is -1.86. The highest BCUT2D eigenvalue weighted by Crippen LogP contribution is 2.28. The number of hydrogen-bond acceptors (Lipinski definition) is 3. The molecular weight excluding hydrogens is 420 g/mol. The van der Waals surface area contributed by atoms with Gasteiger partial charge in [0.15, 0.2) is 6.61 Å². The zero-order valence-corrected chi connectivity index (χ0v) is 15.5. The predicted molar refractivity (Wildman–Crippen MR) is 94.3 cm³/mol. The van der Waals surface area contributed by atoms with Crippen LogP contribution in [0.15, 0.2) is 46.9 Å². The number of carbonyl (C=O) groups excluding carboxylic acids is 1. The van der Waals surface area contributed by atoms with Gasteiger partial charge in [0.1, 0.15) is 11.5 Å². The maximum Gasteiger partial charge on any atom is 0.387 e. The summed E-state index contributed by atoms with van der Waals surface area (Å²) < 4.78 is 34.9. The molecule has 134 valence electrons. The van der Waals surface area contributed by atoms with Gasteiger partial charge >= 0.3 is 6.61 Å². The highest BCUT2D eigenvalue weighted by atomic mass is 79.9. The fraction of sp³-hybridized carbons (Fsp3) is 0.235. The van der Waals surface area contributed by atoms with Gasteiger partial charge in [-0.05, 0) is 58.7 Å². The van der Waals surface area contributed by atoms with E-state index in [-0.39, 0.29) is 18.3 Å². The zero-order valence-electron chi connectivity index (χ0n) is 13.1. The van der Waals surface area contributed by atoms with Crippen molar-refractivity contribution in [3.8, 4) is 11.5 Å². The third-order valence-corrected chi connectivity index (χ3v) is 4.07.